The van der Waals surface area contributed by atoms with Crippen molar-refractivity contribution >= 4 is 15.0 Å². The summed E-state index contributed by atoms with van der Waals surface area (Å²) in [7, 11) is 1.96. The Morgan fingerprint density at radius 3 is 0.348 bits per heavy atom. The zero-order chi connectivity index (χ0) is 6.78. The molecule has 0 fully saturated rings. The van der Waals surface area contributed by atoms with Crippen molar-refractivity contribution in [2.75, 3.05) is 0 Å². The van der Waals surface area contributed by atoms with Gasteiger partial charge in [-0.1, -0.05) is 0 Å². The van der Waals surface area contributed by atoms with E-state index in [4.69, 9.17) is 4.74 Å². The second-order valence-corrected chi connectivity index (χ2v) is 3.00. The SMILES string of the molecule is CC(C)(C)OC(=O)P.[Y].[Y].[Y].[Y].[Y].[Y].[Y].[Y].[Y].[Y].[Y].[Y].[Y].[Y].[Y].[Y].[Y].[Y].[Y].[Y].[Y].[Y].[Y].[Y].[Y].[Y].[Y].[Y].[Y].[Y].[Y].[Y].[Y].[Y].[Y].[Y].[Y].[Y]. The number of hydrogen-bond acceptors (Lipinski definition) is 2. The van der Waals surface area contributed by atoms with E-state index in [2.05, 4.69) is 0 Å². The first-order valence-electron chi connectivity index (χ1n) is 2.40. The molecular formula is C5H11O2PY38. The largest absolute Gasteiger partial charge is 0.457 e. The molecule has 0 aromatic rings. The van der Waals surface area contributed by atoms with E-state index >= 15 is 0 Å². The smallest absolute Gasteiger partial charge is 0.320 e. The average molecular weight is 3510 g/mol. The number of carbonyl (C=O) groups excluding carboxylic acids is 1. The Morgan fingerprint density at radius 1 is 0.283 bits per heavy atom. The first-order valence-corrected chi connectivity index (χ1v) is 2.98. The zero-order valence-corrected chi connectivity index (χ0v) is 136. The van der Waals surface area contributed by atoms with Crippen molar-refractivity contribution in [3.05, 3.63) is 0 Å². The molecule has 0 aromatic carbocycles. The molecule has 41 heteroatoms. The fourth-order valence-electron chi connectivity index (χ4n) is 0.302. The molecule has 0 aliphatic heterocycles. The maximum Gasteiger partial charge on any atom is 0.320 e. The second kappa shape index (κ2) is 238. The predicted molar refractivity (Wildman–Crippen MR) is 35.9 cm³/mol. The van der Waals surface area contributed by atoms with Crippen molar-refractivity contribution in [3.63, 3.8) is 0 Å². The number of hydrogen-bond donors (Lipinski definition) is 0. The molecule has 46 heavy (non-hydrogen) atoms. The molecule has 0 rings (SSSR count). The number of rotatable bonds is 0. The van der Waals surface area contributed by atoms with Gasteiger partial charge >= 0.3 is 5.71 Å². The standard InChI is InChI=1S/C5H11O2P.38Y/c1-5(2,3)7-4(6)8;;;;;;;;;;;;;;;;;;;;;;;;;;;;;;;;;;;;;;/h8H2,1-3H3;;;;;;;;;;;;;;;;;;;;;;;;;;;;;;;;;;;;;;. The van der Waals surface area contributed by atoms with E-state index < -0.39 is 0 Å². The van der Waals surface area contributed by atoms with Crippen molar-refractivity contribution in [2.45, 2.75) is 26.4 Å². The normalized spacial score (nSPS) is 1.91. The van der Waals surface area contributed by atoms with Gasteiger partial charge in [0.2, 0.25) is 0 Å². The molecule has 0 spiro atoms. The van der Waals surface area contributed by atoms with Crippen LogP contribution in [0.15, 0.2) is 0 Å². The Hall–Kier alpha value is 41.8. The maximum atomic E-state index is 10.2. The van der Waals surface area contributed by atoms with Crippen molar-refractivity contribution in [2.24, 2.45) is 0 Å². The van der Waals surface area contributed by atoms with Gasteiger partial charge in [0.1, 0.15) is 5.60 Å². The zero-order valence-electron chi connectivity index (χ0n) is 27.3. The van der Waals surface area contributed by atoms with E-state index in [9.17, 15) is 4.79 Å². The molecular weight excluding hydrogens is 3500 g/mol. The second-order valence-electron chi connectivity index (χ2n) is 2.53. The first-order chi connectivity index (χ1) is 3.42. The molecule has 0 amide bonds. The summed E-state index contributed by atoms with van der Waals surface area (Å²) >= 11 is 0. The Morgan fingerprint density at radius 2 is 0.348 bits per heavy atom. The van der Waals surface area contributed by atoms with E-state index in [1.165, 1.54) is 0 Å². The Bertz CT molecular complexity index is 124. The average Bonchev–Trinajstić information content (AvgIpc) is 1.21. The minimum absolute atomic E-state index is 0. The van der Waals surface area contributed by atoms with Gasteiger partial charge in [-0.05, 0) is 30.0 Å². The third-order valence-electron chi connectivity index (χ3n) is 0.407. The minimum Gasteiger partial charge on any atom is -0.457 e. The van der Waals surface area contributed by atoms with E-state index in [1.54, 1.807) is 0 Å². The van der Waals surface area contributed by atoms with Crippen LogP contribution in [0.3, 0.4) is 0 Å². The van der Waals surface area contributed by atoms with Crippen molar-refractivity contribution < 1.29 is 1250 Å². The molecule has 162 valence electrons. The molecule has 0 aliphatic carbocycles. The molecule has 1 atom stereocenters. The summed E-state index contributed by atoms with van der Waals surface area (Å²) in [6.07, 6.45) is 0. The van der Waals surface area contributed by atoms with Crippen molar-refractivity contribution in [1.29, 1.82) is 0 Å². The van der Waals surface area contributed by atoms with Crippen LogP contribution < -0.4 is 0 Å². The first kappa shape index (κ1) is 278. The van der Waals surface area contributed by atoms with Gasteiger partial charge in [-0.15, -0.1) is 0 Å². The van der Waals surface area contributed by atoms with Crippen LogP contribution in [-0.4, -0.2) is 11.3 Å². The van der Waals surface area contributed by atoms with Gasteiger partial charge in [-0.2, -0.15) is 0 Å². The van der Waals surface area contributed by atoms with Crippen LogP contribution >= 0.6 is 9.24 Å². The monoisotopic (exact) mass is 3510 g/mol. The Labute approximate surface area is 1240 Å². The topological polar surface area (TPSA) is 26.3 Å². The molecule has 0 aliphatic rings. The summed E-state index contributed by atoms with van der Waals surface area (Å²) in [5, 5.41) is 0. The van der Waals surface area contributed by atoms with Crippen LogP contribution in [0.5, 0.6) is 0 Å². The summed E-state index contributed by atoms with van der Waals surface area (Å²) in [4.78, 5) is 10.2. The molecule has 0 aromatic heterocycles. The summed E-state index contributed by atoms with van der Waals surface area (Å²) in [6.45, 7) is 5.48. The molecule has 0 bridgehead atoms. The van der Waals surface area contributed by atoms with Gasteiger partial charge in [0.25, 0.3) is 0 Å². The Kier molecular flexibility index (Phi) is 1440. The molecule has 0 N–H and O–H groups in total. The van der Waals surface area contributed by atoms with E-state index in [0.717, 1.165) is 0 Å². The van der Waals surface area contributed by atoms with Gasteiger partial charge in [-0.3, -0.25) is 0 Å². The summed E-state index contributed by atoms with van der Waals surface area (Å²) in [5.74, 6) is 0. The molecule has 0 saturated heterocycles. The fraction of sp³-hybridized carbons (Fsp3) is 0.800. The molecule has 1 unspecified atom stereocenters. The minimum atomic E-state index is -0.348. The fourth-order valence-corrected chi connectivity index (χ4v) is 0.655. The van der Waals surface area contributed by atoms with Gasteiger partial charge in [-0.25, -0.2) is 4.79 Å². The van der Waals surface area contributed by atoms with Crippen LogP contribution in [0, 0.1) is 0 Å². The molecule has 2 nitrogen and oxygen atoms in total. The maximum absolute atomic E-state index is 10.2. The van der Waals surface area contributed by atoms with Crippen LogP contribution in [-0.2, 0) is 1250 Å². The van der Waals surface area contributed by atoms with Crippen LogP contribution in [0.4, 0.5) is 4.79 Å². The van der Waals surface area contributed by atoms with Crippen LogP contribution in [0.2, 0.25) is 0 Å². The Balaban J connectivity index is -0.000000000349. The van der Waals surface area contributed by atoms with Gasteiger partial charge in [0.15, 0.2) is 0 Å². The van der Waals surface area contributed by atoms with Crippen molar-refractivity contribution in [3.8, 4) is 0 Å². The number of carbonyl (C=O) groups is 1. The van der Waals surface area contributed by atoms with Crippen molar-refractivity contribution in [1.82, 2.24) is 0 Å². The number of ether oxygens (including phenoxy) is 1. The van der Waals surface area contributed by atoms with Gasteiger partial charge in [0.05, 0.1) is 0 Å². The van der Waals surface area contributed by atoms with Crippen LogP contribution in [0.25, 0.3) is 0 Å². The summed E-state index contributed by atoms with van der Waals surface area (Å²) < 4.78 is 4.76. The molecule has 38 radical (unpaired) electrons. The van der Waals surface area contributed by atoms with Gasteiger partial charge in [0, 0.05) is 1240 Å². The quantitative estimate of drug-likeness (QED) is 0.346. The van der Waals surface area contributed by atoms with Gasteiger partial charge < -0.3 is 4.74 Å². The molecule has 0 saturated carbocycles. The third kappa shape index (κ3) is 282. The predicted octanol–water partition coefficient (Wildman–Crippen LogP) is 1.70. The summed E-state index contributed by atoms with van der Waals surface area (Å²) in [6, 6.07) is 0. The summed E-state index contributed by atoms with van der Waals surface area (Å²) in [5.41, 5.74) is -0.656. The third-order valence-corrected chi connectivity index (χ3v) is 0.525. The van der Waals surface area contributed by atoms with Crippen LogP contribution in [0.1, 0.15) is 20.8 Å². The van der Waals surface area contributed by atoms with E-state index in [-0.39, 0.29) is 1250 Å². The molecule has 0 heterocycles. The van der Waals surface area contributed by atoms with E-state index in [0.29, 0.717) is 0 Å². The van der Waals surface area contributed by atoms with E-state index in [1.807, 2.05) is 30.0 Å².